The first-order valence-electron chi connectivity index (χ1n) is 5.28. The molecule has 2 N–H and O–H groups in total. The number of carboxylic acid groups (broad SMARTS) is 1. The molecule has 1 aromatic carbocycles. The summed E-state index contributed by atoms with van der Waals surface area (Å²) in [6.45, 7) is -0.0905. The lowest BCUT2D eigenvalue weighted by atomic mass is 9.90. The van der Waals surface area contributed by atoms with Crippen molar-refractivity contribution in [2.24, 2.45) is 0 Å². The fourth-order valence-corrected chi connectivity index (χ4v) is 1.89. The van der Waals surface area contributed by atoms with E-state index in [4.69, 9.17) is 4.74 Å². The minimum absolute atomic E-state index is 0.0109. The first-order chi connectivity index (χ1) is 8.12. The highest BCUT2D eigenvalue weighted by molar-refractivity contribution is 5.89. The number of rotatable bonds is 3. The lowest BCUT2D eigenvalue weighted by molar-refractivity contribution is -0.157. The third-order valence-electron chi connectivity index (χ3n) is 2.72. The van der Waals surface area contributed by atoms with Crippen LogP contribution >= 0.6 is 0 Å². The molecule has 1 fully saturated rings. The van der Waals surface area contributed by atoms with Crippen molar-refractivity contribution in [3.8, 4) is 0 Å². The lowest BCUT2D eigenvalue weighted by Crippen LogP contribution is -2.63. The minimum atomic E-state index is -1.35. The smallest absolute Gasteiger partial charge is 0.332 e. The molecule has 17 heavy (non-hydrogen) atoms. The van der Waals surface area contributed by atoms with Crippen molar-refractivity contribution >= 4 is 11.9 Å². The normalized spacial score (nSPS) is 24.1. The zero-order valence-corrected chi connectivity index (χ0v) is 9.18. The topological polar surface area (TPSA) is 75.6 Å². The average molecular weight is 235 g/mol. The van der Waals surface area contributed by atoms with Gasteiger partial charge in [-0.1, -0.05) is 30.3 Å². The second-order valence-electron chi connectivity index (χ2n) is 4.09. The van der Waals surface area contributed by atoms with Crippen molar-refractivity contribution in [1.29, 1.82) is 0 Å². The molecular formula is C12H13NO4. The van der Waals surface area contributed by atoms with Crippen LogP contribution in [0.2, 0.25) is 0 Å². The number of hydrogen-bond donors (Lipinski definition) is 2. The second-order valence-corrected chi connectivity index (χ2v) is 4.09. The molecule has 2 rings (SSSR count). The van der Waals surface area contributed by atoms with E-state index in [-0.39, 0.29) is 19.6 Å². The van der Waals surface area contributed by atoms with Crippen molar-refractivity contribution in [1.82, 2.24) is 5.32 Å². The summed E-state index contributed by atoms with van der Waals surface area (Å²) in [7, 11) is 0. The van der Waals surface area contributed by atoms with Gasteiger partial charge in [0.25, 0.3) is 0 Å². The third-order valence-corrected chi connectivity index (χ3v) is 2.72. The van der Waals surface area contributed by atoms with E-state index in [1.54, 1.807) is 0 Å². The molecule has 5 nitrogen and oxygen atoms in total. The van der Waals surface area contributed by atoms with Crippen LogP contribution in [0.15, 0.2) is 30.3 Å². The van der Waals surface area contributed by atoms with Gasteiger partial charge in [-0.25, -0.2) is 4.79 Å². The fraction of sp³-hybridized carbons (Fsp3) is 0.333. The molecule has 1 aliphatic heterocycles. The Balaban J connectivity index is 2.23. The number of benzene rings is 1. The van der Waals surface area contributed by atoms with E-state index in [1.165, 1.54) is 0 Å². The number of morpholine rings is 1. The molecule has 1 aliphatic rings. The van der Waals surface area contributed by atoms with Gasteiger partial charge in [-0.2, -0.15) is 0 Å². The van der Waals surface area contributed by atoms with Crippen molar-refractivity contribution in [3.05, 3.63) is 35.9 Å². The SMILES string of the molecule is O=C1COCC(Cc2ccccc2)(C(=O)O)N1. The Morgan fingerprint density at radius 1 is 1.41 bits per heavy atom. The van der Waals surface area contributed by atoms with Gasteiger partial charge in [0.2, 0.25) is 5.91 Å². The van der Waals surface area contributed by atoms with Crippen LogP contribution in [-0.2, 0) is 20.7 Å². The van der Waals surface area contributed by atoms with Crippen LogP contribution in [0.1, 0.15) is 5.56 Å². The van der Waals surface area contributed by atoms with E-state index in [9.17, 15) is 14.7 Å². The Hall–Kier alpha value is -1.88. The van der Waals surface area contributed by atoms with E-state index in [2.05, 4.69) is 5.32 Å². The van der Waals surface area contributed by atoms with E-state index in [1.807, 2.05) is 30.3 Å². The first-order valence-corrected chi connectivity index (χ1v) is 5.28. The highest BCUT2D eigenvalue weighted by Gasteiger charge is 2.43. The molecule has 0 radical (unpaired) electrons. The Morgan fingerprint density at radius 3 is 2.71 bits per heavy atom. The Labute approximate surface area is 98.4 Å². The fourth-order valence-electron chi connectivity index (χ4n) is 1.89. The van der Waals surface area contributed by atoms with Gasteiger partial charge in [-0.15, -0.1) is 0 Å². The van der Waals surface area contributed by atoms with Gasteiger partial charge in [0.15, 0.2) is 5.54 Å². The number of nitrogens with one attached hydrogen (secondary N) is 1. The summed E-state index contributed by atoms with van der Waals surface area (Å²) in [4.78, 5) is 22.6. The monoisotopic (exact) mass is 235 g/mol. The maximum atomic E-state index is 11.3. The average Bonchev–Trinajstić information content (AvgIpc) is 2.30. The van der Waals surface area contributed by atoms with Crippen LogP contribution in [-0.4, -0.2) is 35.7 Å². The Kier molecular flexibility index (Phi) is 3.10. The Morgan fingerprint density at radius 2 is 2.12 bits per heavy atom. The summed E-state index contributed by atoms with van der Waals surface area (Å²) in [6.07, 6.45) is 0.217. The molecule has 0 aliphatic carbocycles. The lowest BCUT2D eigenvalue weighted by Gasteiger charge is -2.33. The van der Waals surface area contributed by atoms with Crippen molar-refractivity contribution in [3.63, 3.8) is 0 Å². The number of carbonyl (C=O) groups is 2. The number of hydrogen-bond acceptors (Lipinski definition) is 3. The highest BCUT2D eigenvalue weighted by atomic mass is 16.5. The van der Waals surface area contributed by atoms with Gasteiger partial charge in [0.05, 0.1) is 6.61 Å². The van der Waals surface area contributed by atoms with Crippen molar-refractivity contribution in [2.75, 3.05) is 13.2 Å². The van der Waals surface area contributed by atoms with Crippen molar-refractivity contribution < 1.29 is 19.4 Å². The van der Waals surface area contributed by atoms with Crippen LogP contribution in [0.4, 0.5) is 0 Å². The second kappa shape index (κ2) is 4.55. The molecule has 1 aromatic rings. The molecule has 1 amide bonds. The molecule has 1 atom stereocenters. The molecule has 5 heteroatoms. The van der Waals surface area contributed by atoms with Gasteiger partial charge >= 0.3 is 5.97 Å². The highest BCUT2D eigenvalue weighted by Crippen LogP contribution is 2.17. The Bertz CT molecular complexity index is 431. The summed E-state index contributed by atoms with van der Waals surface area (Å²) in [6, 6.07) is 9.16. The molecule has 0 saturated carbocycles. The van der Waals surface area contributed by atoms with Gasteiger partial charge in [0, 0.05) is 6.42 Å². The van der Waals surface area contributed by atoms with E-state index in [0.29, 0.717) is 0 Å². The van der Waals surface area contributed by atoms with Crippen LogP contribution < -0.4 is 5.32 Å². The van der Waals surface area contributed by atoms with Gasteiger partial charge in [-0.05, 0) is 5.56 Å². The number of aliphatic carboxylic acids is 1. The van der Waals surface area contributed by atoms with Crippen molar-refractivity contribution in [2.45, 2.75) is 12.0 Å². The van der Waals surface area contributed by atoms with Gasteiger partial charge < -0.3 is 15.2 Å². The number of carbonyl (C=O) groups excluding carboxylic acids is 1. The summed E-state index contributed by atoms with van der Waals surface area (Å²) >= 11 is 0. The van der Waals surface area contributed by atoms with E-state index in [0.717, 1.165) is 5.56 Å². The van der Waals surface area contributed by atoms with Gasteiger partial charge in [-0.3, -0.25) is 4.79 Å². The zero-order chi connectivity index (χ0) is 12.3. The maximum Gasteiger partial charge on any atom is 0.332 e. The number of carboxylic acids is 1. The predicted octanol–water partition coefficient (Wildman–Crippen LogP) is 0.199. The predicted molar refractivity (Wildman–Crippen MR) is 59.5 cm³/mol. The molecule has 0 aromatic heterocycles. The van der Waals surface area contributed by atoms with E-state index < -0.39 is 17.4 Å². The van der Waals surface area contributed by atoms with Gasteiger partial charge in [0.1, 0.15) is 6.61 Å². The summed E-state index contributed by atoms with van der Waals surface area (Å²) in [5.41, 5.74) is -0.503. The molecule has 1 heterocycles. The first kappa shape index (κ1) is 11.6. The summed E-state index contributed by atoms with van der Waals surface area (Å²) < 4.78 is 5.04. The molecule has 1 unspecified atom stereocenters. The van der Waals surface area contributed by atoms with Crippen LogP contribution in [0.5, 0.6) is 0 Å². The number of ether oxygens (including phenoxy) is 1. The van der Waals surface area contributed by atoms with E-state index >= 15 is 0 Å². The standard InChI is InChI=1S/C12H13NO4/c14-10-7-17-8-12(13-10,11(15)16)6-9-4-2-1-3-5-9/h1-5H,6-8H2,(H,13,14)(H,15,16). The summed E-state index contributed by atoms with van der Waals surface area (Å²) in [5.74, 6) is -1.47. The number of amides is 1. The van der Waals surface area contributed by atoms with Crippen LogP contribution in [0.3, 0.4) is 0 Å². The largest absolute Gasteiger partial charge is 0.479 e. The molecule has 0 spiro atoms. The molecule has 0 bridgehead atoms. The van der Waals surface area contributed by atoms with Crippen LogP contribution in [0, 0.1) is 0 Å². The quantitative estimate of drug-likeness (QED) is 0.784. The maximum absolute atomic E-state index is 11.3. The third kappa shape index (κ3) is 2.45. The molecule has 1 saturated heterocycles. The van der Waals surface area contributed by atoms with Crippen LogP contribution in [0.25, 0.3) is 0 Å². The molecular weight excluding hydrogens is 222 g/mol. The summed E-state index contributed by atoms with van der Waals surface area (Å²) in [5, 5.41) is 11.8. The molecule has 90 valence electrons. The zero-order valence-electron chi connectivity index (χ0n) is 9.18. The minimum Gasteiger partial charge on any atom is -0.479 e.